The van der Waals surface area contributed by atoms with Gasteiger partial charge in [-0.1, -0.05) is 0 Å². The number of nitrogens with zero attached hydrogens (tertiary/aromatic N) is 4. The zero-order valence-corrected chi connectivity index (χ0v) is 20.4. The van der Waals surface area contributed by atoms with Gasteiger partial charge in [0.15, 0.2) is 5.69 Å². The van der Waals surface area contributed by atoms with Crippen molar-refractivity contribution in [1.82, 2.24) is 9.78 Å². The first-order valence-corrected chi connectivity index (χ1v) is 12.4. The summed E-state index contributed by atoms with van der Waals surface area (Å²) in [6.07, 6.45) is 1.22. The van der Waals surface area contributed by atoms with Crippen LogP contribution in [0, 0.1) is 0 Å². The predicted octanol–water partition coefficient (Wildman–Crippen LogP) is 2.55. The van der Waals surface area contributed by atoms with Crippen LogP contribution in [0.15, 0.2) is 42.5 Å². The lowest BCUT2D eigenvalue weighted by Crippen LogP contribution is -2.41. The van der Waals surface area contributed by atoms with E-state index in [4.69, 9.17) is 14.2 Å². The number of esters is 1. The average Bonchev–Trinajstić information content (AvgIpc) is 3.54. The molecule has 0 saturated carbocycles. The van der Waals surface area contributed by atoms with Crippen LogP contribution in [0.5, 0.6) is 5.75 Å². The van der Waals surface area contributed by atoms with Gasteiger partial charge in [-0.15, -0.1) is 0 Å². The molecule has 0 N–H and O–H groups in total. The van der Waals surface area contributed by atoms with Gasteiger partial charge in [-0.25, -0.2) is 9.48 Å². The summed E-state index contributed by atoms with van der Waals surface area (Å²) in [5.74, 6) is -0.0611. The molecule has 0 spiro atoms. The van der Waals surface area contributed by atoms with E-state index in [0.717, 1.165) is 23.4 Å². The van der Waals surface area contributed by atoms with Crippen molar-refractivity contribution >= 4 is 29.2 Å². The Morgan fingerprint density at radius 3 is 2.49 bits per heavy atom. The van der Waals surface area contributed by atoms with E-state index < -0.39 is 5.97 Å². The van der Waals surface area contributed by atoms with Crippen molar-refractivity contribution in [3.63, 3.8) is 0 Å². The number of carbonyl (C=O) groups excluding carboxylic acids is 3. The number of amides is 2. The van der Waals surface area contributed by atoms with Crippen molar-refractivity contribution in [1.29, 1.82) is 0 Å². The van der Waals surface area contributed by atoms with Crippen LogP contribution in [0.4, 0.5) is 11.4 Å². The number of fused-ring (bicyclic) bond motifs is 2. The lowest BCUT2D eigenvalue weighted by atomic mass is 10.0. The molecule has 1 aromatic heterocycles. The molecule has 0 atom stereocenters. The number of benzene rings is 2. The molecule has 3 aliphatic rings. The van der Waals surface area contributed by atoms with E-state index in [0.29, 0.717) is 55.4 Å². The molecule has 3 aromatic rings. The molecular weight excluding hydrogens is 476 g/mol. The number of ether oxygens (including phenoxy) is 3. The Morgan fingerprint density at radius 1 is 0.973 bits per heavy atom. The van der Waals surface area contributed by atoms with E-state index in [9.17, 15) is 14.4 Å². The normalized spacial score (nSPS) is 16.9. The Hall–Kier alpha value is -4.18. The van der Waals surface area contributed by atoms with Crippen molar-refractivity contribution in [2.24, 2.45) is 0 Å². The highest BCUT2D eigenvalue weighted by molar-refractivity contribution is 6.09. The zero-order valence-electron chi connectivity index (χ0n) is 20.4. The topological polar surface area (TPSA) is 103 Å². The SMILES string of the molecule is CCOC(=O)c1nn(-c2ccc3c(c2)CCO3)c2c1CCN(c1ccc(N3CCOCC3=O)cc1)C2=O. The fourth-order valence-electron chi connectivity index (χ4n) is 5.06. The summed E-state index contributed by atoms with van der Waals surface area (Å²) >= 11 is 0. The predicted molar refractivity (Wildman–Crippen MR) is 134 cm³/mol. The molecule has 0 radical (unpaired) electrons. The van der Waals surface area contributed by atoms with Crippen molar-refractivity contribution < 1.29 is 28.6 Å². The fourth-order valence-corrected chi connectivity index (χ4v) is 5.06. The van der Waals surface area contributed by atoms with Crippen molar-refractivity contribution in [3.05, 3.63) is 65.0 Å². The maximum atomic E-state index is 13.9. The van der Waals surface area contributed by atoms with Gasteiger partial charge in [0, 0.05) is 36.4 Å². The second kappa shape index (κ2) is 9.36. The standard InChI is InChI=1S/C27H26N4O6/c1-2-36-27(34)24-21-9-11-30(19-5-3-18(4-6-19)29-12-14-35-16-23(29)32)26(33)25(21)31(28-24)20-7-8-22-17(15-20)10-13-37-22/h3-8,15H,2,9-14,16H2,1H3. The molecular formula is C27H26N4O6. The van der Waals surface area contributed by atoms with E-state index in [1.54, 1.807) is 21.4 Å². The molecule has 6 rings (SSSR count). The molecule has 1 fully saturated rings. The van der Waals surface area contributed by atoms with Gasteiger partial charge in [-0.2, -0.15) is 5.10 Å². The highest BCUT2D eigenvalue weighted by Gasteiger charge is 2.36. The Bertz CT molecular complexity index is 1400. The van der Waals surface area contributed by atoms with Crippen LogP contribution < -0.4 is 14.5 Å². The summed E-state index contributed by atoms with van der Waals surface area (Å²) in [5, 5.41) is 4.57. The maximum Gasteiger partial charge on any atom is 0.359 e. The largest absolute Gasteiger partial charge is 0.493 e. The van der Waals surface area contributed by atoms with Crippen LogP contribution >= 0.6 is 0 Å². The quantitative estimate of drug-likeness (QED) is 0.494. The summed E-state index contributed by atoms with van der Waals surface area (Å²) in [6, 6.07) is 13.0. The van der Waals surface area contributed by atoms with E-state index >= 15 is 0 Å². The number of anilines is 2. The second-order valence-corrected chi connectivity index (χ2v) is 9.02. The number of hydrogen-bond acceptors (Lipinski definition) is 7. The van der Waals surface area contributed by atoms with Crippen LogP contribution in [0.1, 0.15) is 39.0 Å². The summed E-state index contributed by atoms with van der Waals surface area (Å²) in [7, 11) is 0. The molecule has 10 heteroatoms. The van der Waals surface area contributed by atoms with Gasteiger partial charge in [0.1, 0.15) is 18.1 Å². The smallest absolute Gasteiger partial charge is 0.359 e. The van der Waals surface area contributed by atoms with Crippen molar-refractivity contribution in [2.45, 2.75) is 19.8 Å². The molecule has 37 heavy (non-hydrogen) atoms. The number of hydrogen-bond donors (Lipinski definition) is 0. The number of morpholine rings is 1. The van der Waals surface area contributed by atoms with Gasteiger partial charge in [0.2, 0.25) is 0 Å². The van der Waals surface area contributed by atoms with Gasteiger partial charge in [-0.3, -0.25) is 9.59 Å². The third-order valence-corrected chi connectivity index (χ3v) is 6.86. The van der Waals surface area contributed by atoms with Crippen molar-refractivity contribution in [3.8, 4) is 11.4 Å². The molecule has 4 heterocycles. The first-order chi connectivity index (χ1) is 18.0. The summed E-state index contributed by atoms with van der Waals surface area (Å²) in [4.78, 5) is 42.2. The molecule has 0 aliphatic carbocycles. The van der Waals surface area contributed by atoms with E-state index in [1.807, 2.05) is 42.5 Å². The summed E-state index contributed by atoms with van der Waals surface area (Å²) in [5.41, 5.74) is 4.29. The fraction of sp³-hybridized carbons (Fsp3) is 0.333. The number of aromatic nitrogens is 2. The van der Waals surface area contributed by atoms with E-state index in [2.05, 4.69) is 5.10 Å². The minimum atomic E-state index is -0.539. The van der Waals surface area contributed by atoms with Gasteiger partial charge in [0.05, 0.1) is 25.5 Å². The Morgan fingerprint density at radius 2 is 1.73 bits per heavy atom. The molecule has 0 unspecified atom stereocenters. The van der Waals surface area contributed by atoms with Gasteiger partial charge < -0.3 is 24.0 Å². The van der Waals surface area contributed by atoms with E-state index in [-0.39, 0.29) is 30.7 Å². The third kappa shape index (κ3) is 4.03. The van der Waals surface area contributed by atoms with Crippen LogP contribution in [0.2, 0.25) is 0 Å². The molecule has 190 valence electrons. The summed E-state index contributed by atoms with van der Waals surface area (Å²) < 4.78 is 17.6. The van der Waals surface area contributed by atoms with E-state index in [1.165, 1.54) is 0 Å². The number of carbonyl (C=O) groups is 3. The molecule has 0 bridgehead atoms. The Labute approximate surface area is 213 Å². The van der Waals surface area contributed by atoms with Gasteiger partial charge in [0.25, 0.3) is 11.8 Å². The third-order valence-electron chi connectivity index (χ3n) is 6.86. The molecule has 2 amide bonds. The first kappa shape index (κ1) is 23.2. The lowest BCUT2D eigenvalue weighted by Gasteiger charge is -2.29. The van der Waals surface area contributed by atoms with Gasteiger partial charge >= 0.3 is 5.97 Å². The first-order valence-electron chi connectivity index (χ1n) is 12.4. The van der Waals surface area contributed by atoms with Crippen LogP contribution in [-0.2, 0) is 27.1 Å². The zero-order chi connectivity index (χ0) is 25.5. The van der Waals surface area contributed by atoms with Crippen LogP contribution in [0.3, 0.4) is 0 Å². The lowest BCUT2D eigenvalue weighted by molar-refractivity contribution is -0.125. The Balaban J connectivity index is 1.36. The number of rotatable bonds is 5. The molecule has 1 saturated heterocycles. The van der Waals surface area contributed by atoms with Gasteiger partial charge in [-0.05, 0) is 61.4 Å². The molecule has 3 aliphatic heterocycles. The maximum absolute atomic E-state index is 13.9. The highest BCUT2D eigenvalue weighted by atomic mass is 16.5. The molecule has 2 aromatic carbocycles. The minimum absolute atomic E-state index is 0.0662. The highest BCUT2D eigenvalue weighted by Crippen LogP contribution is 2.33. The van der Waals surface area contributed by atoms with Crippen molar-refractivity contribution in [2.75, 3.05) is 49.3 Å². The van der Waals surface area contributed by atoms with Crippen LogP contribution in [-0.4, -0.2) is 67.1 Å². The Kier molecular flexibility index (Phi) is 5.88. The average molecular weight is 503 g/mol. The minimum Gasteiger partial charge on any atom is -0.493 e. The van der Waals surface area contributed by atoms with Crippen LogP contribution in [0.25, 0.3) is 5.69 Å². The monoisotopic (exact) mass is 502 g/mol. The molecule has 10 nitrogen and oxygen atoms in total. The summed E-state index contributed by atoms with van der Waals surface area (Å²) in [6.45, 7) is 4.00. The second-order valence-electron chi connectivity index (χ2n) is 9.02.